The molecular weight excluding hydrogens is 259 g/mol. The van der Waals surface area contributed by atoms with E-state index in [-0.39, 0.29) is 17.0 Å². The summed E-state index contributed by atoms with van der Waals surface area (Å²) < 4.78 is 43.2. The Balaban J connectivity index is 2.53. The molecule has 0 saturated heterocycles. The van der Waals surface area contributed by atoms with Gasteiger partial charge in [-0.3, -0.25) is 4.79 Å². The van der Waals surface area contributed by atoms with Crippen LogP contribution in [0.1, 0.15) is 28.9 Å². The van der Waals surface area contributed by atoms with Crippen molar-refractivity contribution in [2.24, 2.45) is 0 Å². The van der Waals surface area contributed by atoms with Crippen LogP contribution in [0, 0.1) is 0 Å². The van der Waals surface area contributed by atoms with Gasteiger partial charge in [-0.1, -0.05) is 19.1 Å². The van der Waals surface area contributed by atoms with E-state index in [2.05, 4.69) is 4.98 Å². The van der Waals surface area contributed by atoms with Crippen LogP contribution in [0.2, 0.25) is 0 Å². The molecule has 0 atom stereocenters. The van der Waals surface area contributed by atoms with Gasteiger partial charge >= 0.3 is 6.18 Å². The molecule has 0 aliphatic heterocycles. The molecule has 0 N–H and O–H groups in total. The van der Waals surface area contributed by atoms with Crippen molar-refractivity contribution >= 4 is 6.29 Å². The molecule has 2 rings (SSSR count). The van der Waals surface area contributed by atoms with E-state index in [4.69, 9.17) is 4.42 Å². The fourth-order valence-corrected chi connectivity index (χ4v) is 1.65. The van der Waals surface area contributed by atoms with Gasteiger partial charge in [0.15, 0.2) is 17.9 Å². The summed E-state index contributed by atoms with van der Waals surface area (Å²) in [5.41, 5.74) is -0.600. The first kappa shape index (κ1) is 13.3. The summed E-state index contributed by atoms with van der Waals surface area (Å²) in [6.45, 7) is 1.77. The standard InChI is InChI=1S/C13H10F3NO2/c1-2-11-17-10(7-18)12(19-11)8-4-3-5-9(6-8)13(14,15)16/h3-7H,2H2,1H3. The Hall–Kier alpha value is -2.11. The van der Waals surface area contributed by atoms with Crippen molar-refractivity contribution in [1.82, 2.24) is 4.98 Å². The smallest absolute Gasteiger partial charge is 0.416 e. The molecule has 0 spiro atoms. The molecule has 0 amide bonds. The lowest BCUT2D eigenvalue weighted by molar-refractivity contribution is -0.137. The summed E-state index contributed by atoms with van der Waals surface area (Å²) in [5, 5.41) is 0. The molecule has 19 heavy (non-hydrogen) atoms. The second-order valence-corrected chi connectivity index (χ2v) is 3.87. The summed E-state index contributed by atoms with van der Waals surface area (Å²) in [4.78, 5) is 14.8. The lowest BCUT2D eigenvalue weighted by atomic mass is 10.1. The number of hydrogen-bond acceptors (Lipinski definition) is 3. The normalized spacial score (nSPS) is 11.6. The first-order chi connectivity index (χ1) is 8.95. The zero-order chi connectivity index (χ0) is 14.0. The molecule has 1 aromatic heterocycles. The Kier molecular flexibility index (Phi) is 3.42. The van der Waals surface area contributed by atoms with E-state index in [1.54, 1.807) is 6.92 Å². The summed E-state index contributed by atoms with van der Waals surface area (Å²) in [6, 6.07) is 4.61. The number of oxazole rings is 1. The number of benzene rings is 1. The number of aromatic nitrogens is 1. The van der Waals surface area contributed by atoms with E-state index >= 15 is 0 Å². The lowest BCUT2D eigenvalue weighted by Crippen LogP contribution is -2.04. The Morgan fingerprint density at radius 3 is 2.68 bits per heavy atom. The fourth-order valence-electron chi connectivity index (χ4n) is 1.65. The highest BCUT2D eigenvalue weighted by Gasteiger charge is 2.31. The van der Waals surface area contributed by atoms with Crippen LogP contribution >= 0.6 is 0 Å². The largest absolute Gasteiger partial charge is 0.440 e. The Labute approximate surface area is 107 Å². The summed E-state index contributed by atoms with van der Waals surface area (Å²) >= 11 is 0. The number of aldehydes is 1. The minimum atomic E-state index is -4.44. The van der Waals surface area contributed by atoms with Crippen LogP contribution < -0.4 is 0 Å². The third kappa shape index (κ3) is 2.67. The number of rotatable bonds is 3. The van der Waals surface area contributed by atoms with Crippen LogP contribution in [0.5, 0.6) is 0 Å². The van der Waals surface area contributed by atoms with Crippen molar-refractivity contribution in [3.63, 3.8) is 0 Å². The highest BCUT2D eigenvalue weighted by Crippen LogP contribution is 2.33. The molecule has 0 unspecified atom stereocenters. The average Bonchev–Trinajstić information content (AvgIpc) is 2.81. The van der Waals surface area contributed by atoms with Crippen LogP contribution in [0.4, 0.5) is 13.2 Å². The predicted octanol–water partition coefficient (Wildman–Crippen LogP) is 3.74. The summed E-state index contributed by atoms with van der Waals surface area (Å²) in [6.07, 6.45) is -3.51. The topological polar surface area (TPSA) is 43.1 Å². The molecule has 1 heterocycles. The van der Waals surface area contributed by atoms with E-state index < -0.39 is 11.7 Å². The maximum Gasteiger partial charge on any atom is 0.416 e. The lowest BCUT2D eigenvalue weighted by Gasteiger charge is -2.07. The van der Waals surface area contributed by atoms with E-state index in [9.17, 15) is 18.0 Å². The zero-order valence-corrected chi connectivity index (χ0v) is 9.99. The van der Waals surface area contributed by atoms with E-state index in [0.717, 1.165) is 12.1 Å². The van der Waals surface area contributed by atoms with Crippen molar-refractivity contribution in [3.05, 3.63) is 41.4 Å². The van der Waals surface area contributed by atoms with E-state index in [0.29, 0.717) is 18.6 Å². The van der Waals surface area contributed by atoms with E-state index in [1.165, 1.54) is 12.1 Å². The number of carbonyl (C=O) groups is 1. The molecule has 6 heteroatoms. The molecule has 3 nitrogen and oxygen atoms in total. The van der Waals surface area contributed by atoms with Gasteiger partial charge in [0.2, 0.25) is 0 Å². The molecule has 100 valence electrons. The number of nitrogens with zero attached hydrogens (tertiary/aromatic N) is 1. The first-order valence-corrected chi connectivity index (χ1v) is 5.58. The van der Waals surface area contributed by atoms with Gasteiger partial charge in [-0.05, 0) is 12.1 Å². The van der Waals surface area contributed by atoms with Crippen LogP contribution in [0.3, 0.4) is 0 Å². The third-order valence-electron chi connectivity index (χ3n) is 2.56. The van der Waals surface area contributed by atoms with Gasteiger partial charge in [-0.2, -0.15) is 13.2 Å². The number of hydrogen-bond donors (Lipinski definition) is 0. The van der Waals surface area contributed by atoms with Crippen LogP contribution in [0.15, 0.2) is 28.7 Å². The zero-order valence-electron chi connectivity index (χ0n) is 9.99. The number of carbonyl (C=O) groups excluding carboxylic acids is 1. The molecular formula is C13H10F3NO2. The number of halogens is 3. The van der Waals surface area contributed by atoms with Gasteiger partial charge in [0, 0.05) is 12.0 Å². The number of aryl methyl sites for hydroxylation is 1. The molecule has 0 aliphatic carbocycles. The van der Waals surface area contributed by atoms with E-state index in [1.807, 2.05) is 0 Å². The molecule has 0 saturated carbocycles. The first-order valence-electron chi connectivity index (χ1n) is 5.58. The van der Waals surface area contributed by atoms with Gasteiger partial charge in [-0.15, -0.1) is 0 Å². The highest BCUT2D eigenvalue weighted by atomic mass is 19.4. The maximum absolute atomic E-state index is 12.6. The van der Waals surface area contributed by atoms with Crippen molar-refractivity contribution in [2.45, 2.75) is 19.5 Å². The van der Waals surface area contributed by atoms with Crippen molar-refractivity contribution < 1.29 is 22.4 Å². The molecule has 2 aromatic rings. The van der Waals surface area contributed by atoms with Crippen LogP contribution in [0.25, 0.3) is 11.3 Å². The summed E-state index contributed by atoms with van der Waals surface area (Å²) in [5.74, 6) is 0.382. The van der Waals surface area contributed by atoms with Gasteiger partial charge in [-0.25, -0.2) is 4.98 Å². The second kappa shape index (κ2) is 4.87. The Morgan fingerprint density at radius 1 is 1.37 bits per heavy atom. The van der Waals surface area contributed by atoms with Gasteiger partial charge in [0.1, 0.15) is 5.69 Å². The Bertz CT molecular complexity index is 602. The highest BCUT2D eigenvalue weighted by molar-refractivity contribution is 5.82. The molecule has 0 fully saturated rings. The fraction of sp³-hybridized carbons (Fsp3) is 0.231. The summed E-state index contributed by atoms with van der Waals surface area (Å²) in [7, 11) is 0. The molecule has 0 radical (unpaired) electrons. The van der Waals surface area contributed by atoms with Crippen LogP contribution in [-0.4, -0.2) is 11.3 Å². The molecule has 0 bridgehead atoms. The van der Waals surface area contributed by atoms with Crippen LogP contribution in [-0.2, 0) is 12.6 Å². The monoisotopic (exact) mass is 269 g/mol. The van der Waals surface area contributed by atoms with Crippen molar-refractivity contribution in [2.75, 3.05) is 0 Å². The quantitative estimate of drug-likeness (QED) is 0.797. The predicted molar refractivity (Wildman–Crippen MR) is 61.7 cm³/mol. The maximum atomic E-state index is 12.6. The van der Waals surface area contributed by atoms with Gasteiger partial charge in [0.05, 0.1) is 5.56 Å². The SMILES string of the molecule is CCc1nc(C=O)c(-c2cccc(C(F)(F)F)c2)o1. The van der Waals surface area contributed by atoms with Crippen molar-refractivity contribution in [1.29, 1.82) is 0 Å². The molecule has 0 aliphatic rings. The second-order valence-electron chi connectivity index (χ2n) is 3.87. The minimum Gasteiger partial charge on any atom is -0.440 e. The molecule has 1 aromatic carbocycles. The minimum absolute atomic E-state index is 0.0103. The van der Waals surface area contributed by atoms with Gasteiger partial charge < -0.3 is 4.42 Å². The van der Waals surface area contributed by atoms with Crippen molar-refractivity contribution in [3.8, 4) is 11.3 Å². The van der Waals surface area contributed by atoms with Gasteiger partial charge in [0.25, 0.3) is 0 Å². The average molecular weight is 269 g/mol. The number of alkyl halides is 3. The Morgan fingerprint density at radius 2 is 2.11 bits per heavy atom. The third-order valence-corrected chi connectivity index (χ3v) is 2.56.